The number of ketones is 1. The van der Waals surface area contributed by atoms with Gasteiger partial charge in [-0.1, -0.05) is 13.8 Å². The maximum absolute atomic E-state index is 13.0. The summed E-state index contributed by atoms with van der Waals surface area (Å²) in [5.41, 5.74) is 2.13. The molecule has 2 aromatic heterocycles. The van der Waals surface area contributed by atoms with Crippen molar-refractivity contribution in [1.82, 2.24) is 9.55 Å². The summed E-state index contributed by atoms with van der Waals surface area (Å²) in [6.45, 7) is 3.59. The molecule has 150 valence electrons. The Morgan fingerprint density at radius 3 is 2.62 bits per heavy atom. The Balaban J connectivity index is 1.55. The van der Waals surface area contributed by atoms with Crippen LogP contribution in [0.3, 0.4) is 0 Å². The molecule has 0 radical (unpaired) electrons. The van der Waals surface area contributed by atoms with Crippen LogP contribution in [0.2, 0.25) is 0 Å². The largest absolute Gasteiger partial charge is 0.326 e. The van der Waals surface area contributed by atoms with E-state index in [1.54, 1.807) is 35.6 Å². The molecule has 3 aromatic rings. The van der Waals surface area contributed by atoms with Crippen molar-refractivity contribution in [3.8, 4) is 0 Å². The number of anilines is 1. The molecular formula is C22H23N3O3S. The van der Waals surface area contributed by atoms with Gasteiger partial charge in [0.1, 0.15) is 4.83 Å². The number of carbonyl (C=O) groups excluding carboxylic acids is 2. The summed E-state index contributed by atoms with van der Waals surface area (Å²) in [7, 11) is 0. The average molecular weight is 410 g/mol. The first-order chi connectivity index (χ1) is 13.9. The minimum Gasteiger partial charge on any atom is -0.326 e. The molecule has 0 fully saturated rings. The summed E-state index contributed by atoms with van der Waals surface area (Å²) in [5.74, 6) is -0.360. The molecule has 29 heavy (non-hydrogen) atoms. The second kappa shape index (κ2) is 7.91. The molecule has 1 aliphatic rings. The highest BCUT2D eigenvalue weighted by atomic mass is 32.1. The second-order valence-electron chi connectivity index (χ2n) is 7.71. The Bertz CT molecular complexity index is 1140. The van der Waals surface area contributed by atoms with Crippen LogP contribution in [0.1, 0.15) is 47.5 Å². The molecule has 0 saturated carbocycles. The van der Waals surface area contributed by atoms with Gasteiger partial charge in [0.05, 0.1) is 18.3 Å². The van der Waals surface area contributed by atoms with E-state index in [9.17, 15) is 14.4 Å². The van der Waals surface area contributed by atoms with Crippen molar-refractivity contribution in [3.63, 3.8) is 0 Å². The molecule has 0 bridgehead atoms. The number of benzene rings is 1. The molecule has 0 spiro atoms. The quantitative estimate of drug-likeness (QED) is 0.650. The molecule has 0 aliphatic heterocycles. The molecular weight excluding hydrogens is 386 g/mol. The highest BCUT2D eigenvalue weighted by Gasteiger charge is 2.20. The number of thiophene rings is 1. The standard InChI is InChI=1S/C22H23N3O3S/c1-13(2)20(27)24-15-9-7-14(8-10-15)17(26)11-25-12-23-21-19(22(25)28)16-5-3-4-6-18(16)29-21/h7-10,12-13H,3-6,11H2,1-2H3,(H,24,27). The minimum atomic E-state index is -0.168. The van der Waals surface area contributed by atoms with Crippen LogP contribution in [0, 0.1) is 5.92 Å². The minimum absolute atomic E-state index is 0.0515. The third-order valence-corrected chi connectivity index (χ3v) is 6.45. The summed E-state index contributed by atoms with van der Waals surface area (Å²) < 4.78 is 1.40. The molecule has 0 saturated heterocycles. The lowest BCUT2D eigenvalue weighted by molar-refractivity contribution is -0.118. The van der Waals surface area contributed by atoms with Crippen molar-refractivity contribution in [2.24, 2.45) is 5.92 Å². The van der Waals surface area contributed by atoms with Gasteiger partial charge in [0, 0.05) is 22.0 Å². The van der Waals surface area contributed by atoms with Crippen LogP contribution in [-0.4, -0.2) is 21.2 Å². The number of carbonyl (C=O) groups is 2. The van der Waals surface area contributed by atoms with E-state index in [-0.39, 0.29) is 29.7 Å². The van der Waals surface area contributed by atoms with E-state index in [0.29, 0.717) is 16.6 Å². The van der Waals surface area contributed by atoms with E-state index in [1.807, 2.05) is 13.8 Å². The van der Waals surface area contributed by atoms with Crippen LogP contribution in [0.5, 0.6) is 0 Å². The predicted octanol–water partition coefficient (Wildman–Crippen LogP) is 3.81. The zero-order valence-electron chi connectivity index (χ0n) is 16.5. The predicted molar refractivity (Wildman–Crippen MR) is 115 cm³/mol. The fourth-order valence-corrected chi connectivity index (χ4v) is 4.79. The summed E-state index contributed by atoms with van der Waals surface area (Å²) >= 11 is 1.60. The molecule has 7 heteroatoms. The Morgan fingerprint density at radius 1 is 1.17 bits per heavy atom. The first-order valence-corrected chi connectivity index (χ1v) is 10.7. The Morgan fingerprint density at radius 2 is 1.90 bits per heavy atom. The molecule has 1 aliphatic carbocycles. The van der Waals surface area contributed by atoms with Gasteiger partial charge in [-0.15, -0.1) is 11.3 Å². The van der Waals surface area contributed by atoms with E-state index in [4.69, 9.17) is 0 Å². The normalized spacial score (nSPS) is 13.5. The molecule has 1 N–H and O–H groups in total. The number of rotatable bonds is 5. The van der Waals surface area contributed by atoms with Crippen LogP contribution in [-0.2, 0) is 24.2 Å². The van der Waals surface area contributed by atoms with E-state index in [2.05, 4.69) is 10.3 Å². The summed E-state index contributed by atoms with van der Waals surface area (Å²) in [6, 6.07) is 6.74. The molecule has 0 atom stereocenters. The van der Waals surface area contributed by atoms with Gasteiger partial charge in [-0.25, -0.2) is 4.98 Å². The molecule has 1 aromatic carbocycles. The van der Waals surface area contributed by atoms with Gasteiger partial charge >= 0.3 is 0 Å². The van der Waals surface area contributed by atoms with E-state index < -0.39 is 0 Å². The molecule has 1 amide bonds. The summed E-state index contributed by atoms with van der Waals surface area (Å²) in [4.78, 5) is 43.9. The van der Waals surface area contributed by atoms with Crippen molar-refractivity contribution in [2.75, 3.05) is 5.32 Å². The van der Waals surface area contributed by atoms with Gasteiger partial charge in [-0.2, -0.15) is 0 Å². The SMILES string of the molecule is CC(C)C(=O)Nc1ccc(C(=O)Cn2cnc3sc4c(c3c2=O)CCCC4)cc1. The van der Waals surface area contributed by atoms with Crippen molar-refractivity contribution in [3.05, 3.63) is 57.0 Å². The highest BCUT2D eigenvalue weighted by Crippen LogP contribution is 2.33. The monoisotopic (exact) mass is 409 g/mol. The Hall–Kier alpha value is -2.80. The first-order valence-electron chi connectivity index (χ1n) is 9.88. The Kier molecular flexibility index (Phi) is 5.32. The number of aromatic nitrogens is 2. The fraction of sp³-hybridized carbons (Fsp3) is 0.364. The van der Waals surface area contributed by atoms with Crippen LogP contribution < -0.4 is 10.9 Å². The topological polar surface area (TPSA) is 81.1 Å². The zero-order valence-corrected chi connectivity index (χ0v) is 17.3. The number of nitrogens with zero attached hydrogens (tertiary/aromatic N) is 2. The van der Waals surface area contributed by atoms with Crippen LogP contribution in [0.4, 0.5) is 5.69 Å². The summed E-state index contributed by atoms with van der Waals surface area (Å²) in [5, 5.41) is 3.48. The number of fused-ring (bicyclic) bond motifs is 3. The molecule has 4 rings (SSSR count). The fourth-order valence-electron chi connectivity index (χ4n) is 3.57. The van der Waals surface area contributed by atoms with E-state index >= 15 is 0 Å². The van der Waals surface area contributed by atoms with Crippen molar-refractivity contribution in [2.45, 2.75) is 46.1 Å². The Labute approximate surface area is 172 Å². The van der Waals surface area contributed by atoms with E-state index in [0.717, 1.165) is 36.1 Å². The first kappa shape index (κ1) is 19.5. The van der Waals surface area contributed by atoms with Gasteiger partial charge in [0.2, 0.25) is 5.91 Å². The van der Waals surface area contributed by atoms with Crippen molar-refractivity contribution >= 4 is 38.9 Å². The lowest BCUT2D eigenvalue weighted by atomic mass is 9.97. The lowest BCUT2D eigenvalue weighted by Gasteiger charge is -2.10. The number of hydrogen-bond acceptors (Lipinski definition) is 5. The van der Waals surface area contributed by atoms with Crippen molar-refractivity contribution < 1.29 is 9.59 Å². The van der Waals surface area contributed by atoms with Crippen LogP contribution in [0.15, 0.2) is 35.4 Å². The average Bonchev–Trinajstić information content (AvgIpc) is 3.09. The number of aryl methyl sites for hydroxylation is 2. The van der Waals surface area contributed by atoms with Crippen LogP contribution in [0.25, 0.3) is 10.2 Å². The third-order valence-electron chi connectivity index (χ3n) is 5.25. The van der Waals surface area contributed by atoms with Gasteiger partial charge < -0.3 is 5.32 Å². The van der Waals surface area contributed by atoms with Gasteiger partial charge in [-0.3, -0.25) is 19.0 Å². The zero-order chi connectivity index (χ0) is 20.5. The lowest BCUT2D eigenvalue weighted by Crippen LogP contribution is -2.25. The highest BCUT2D eigenvalue weighted by molar-refractivity contribution is 7.18. The molecule has 2 heterocycles. The smallest absolute Gasteiger partial charge is 0.262 e. The van der Waals surface area contributed by atoms with Crippen molar-refractivity contribution in [1.29, 1.82) is 0 Å². The summed E-state index contributed by atoms with van der Waals surface area (Å²) in [6.07, 6.45) is 5.63. The van der Waals surface area contributed by atoms with Gasteiger partial charge in [0.25, 0.3) is 5.56 Å². The van der Waals surface area contributed by atoms with Gasteiger partial charge in [0.15, 0.2) is 5.78 Å². The maximum atomic E-state index is 13.0. The van der Waals surface area contributed by atoms with Gasteiger partial charge in [-0.05, 0) is 55.5 Å². The second-order valence-corrected chi connectivity index (χ2v) is 8.80. The number of hydrogen-bond donors (Lipinski definition) is 1. The molecule has 6 nitrogen and oxygen atoms in total. The number of nitrogens with one attached hydrogen (secondary N) is 1. The van der Waals surface area contributed by atoms with Crippen LogP contribution >= 0.6 is 11.3 Å². The maximum Gasteiger partial charge on any atom is 0.262 e. The number of Topliss-reactive ketones (excluding diaryl/α,β-unsaturated/α-hetero) is 1. The third kappa shape index (κ3) is 3.87. The number of amides is 1. The molecule has 0 unspecified atom stereocenters. The van der Waals surface area contributed by atoms with E-state index in [1.165, 1.54) is 15.8 Å².